The third kappa shape index (κ3) is 2.83. The lowest BCUT2D eigenvalue weighted by atomic mass is 10.1. The Balaban J connectivity index is 2.43. The molecule has 0 saturated carbocycles. The molecule has 10 heteroatoms. The molecule has 21 heavy (non-hydrogen) atoms. The van der Waals surface area contributed by atoms with Gasteiger partial charge in [0.1, 0.15) is 11.8 Å². The third-order valence-corrected chi connectivity index (χ3v) is 2.70. The van der Waals surface area contributed by atoms with Crippen LogP contribution in [0, 0.1) is 20.2 Å². The van der Waals surface area contributed by atoms with Gasteiger partial charge in [-0.3, -0.25) is 10.1 Å². The van der Waals surface area contributed by atoms with Crippen molar-refractivity contribution in [2.75, 3.05) is 0 Å². The first-order valence-corrected chi connectivity index (χ1v) is 5.56. The van der Waals surface area contributed by atoms with Crippen molar-refractivity contribution >= 4 is 17.5 Å². The van der Waals surface area contributed by atoms with Crippen molar-refractivity contribution in [1.29, 1.82) is 0 Å². The molecule has 0 fully saturated rings. The molecule has 1 heterocycles. The molecular weight excluding hydrogens is 284 g/mol. The van der Waals surface area contributed by atoms with Gasteiger partial charge in [-0.25, -0.2) is 4.79 Å². The standard InChI is InChI=1S/C11H8N4O6/c16-11(17)10-7(2-1-3-8(10)14(18)19)4-13-5-9(12-6-13)15(20)21/h1-3,5-6H,4H2,(H,16,17). The average molecular weight is 292 g/mol. The molecule has 108 valence electrons. The van der Waals surface area contributed by atoms with Crippen molar-refractivity contribution in [3.05, 3.63) is 62.1 Å². The molecule has 1 aromatic carbocycles. The minimum atomic E-state index is -1.44. The molecule has 0 aliphatic rings. The number of carboxylic acid groups (broad SMARTS) is 1. The highest BCUT2D eigenvalue weighted by Gasteiger charge is 2.24. The Kier molecular flexibility index (Phi) is 3.61. The second kappa shape index (κ2) is 5.36. The average Bonchev–Trinajstić information content (AvgIpc) is 2.86. The van der Waals surface area contributed by atoms with Gasteiger partial charge < -0.3 is 19.8 Å². The summed E-state index contributed by atoms with van der Waals surface area (Å²) in [5.41, 5.74) is -0.822. The largest absolute Gasteiger partial charge is 0.477 e. The molecule has 0 amide bonds. The zero-order valence-electron chi connectivity index (χ0n) is 10.4. The van der Waals surface area contributed by atoms with Crippen LogP contribution in [-0.2, 0) is 6.54 Å². The summed E-state index contributed by atoms with van der Waals surface area (Å²) in [6.07, 6.45) is 2.27. The van der Waals surface area contributed by atoms with Gasteiger partial charge in [0.2, 0.25) is 6.33 Å². The van der Waals surface area contributed by atoms with Crippen LogP contribution >= 0.6 is 0 Å². The number of hydrogen-bond acceptors (Lipinski definition) is 6. The molecule has 1 N–H and O–H groups in total. The van der Waals surface area contributed by atoms with Gasteiger partial charge in [-0.2, -0.15) is 0 Å². The highest BCUT2D eigenvalue weighted by atomic mass is 16.6. The second-order valence-electron chi connectivity index (χ2n) is 4.03. The monoisotopic (exact) mass is 292 g/mol. The van der Waals surface area contributed by atoms with Gasteiger partial charge in [-0.15, -0.1) is 0 Å². The molecule has 0 aliphatic carbocycles. The lowest BCUT2D eigenvalue weighted by Gasteiger charge is -2.06. The Morgan fingerprint density at radius 3 is 2.52 bits per heavy atom. The van der Waals surface area contributed by atoms with Gasteiger partial charge in [-0.1, -0.05) is 12.1 Å². The first kappa shape index (κ1) is 14.1. The van der Waals surface area contributed by atoms with E-state index < -0.39 is 32.9 Å². The van der Waals surface area contributed by atoms with Crippen molar-refractivity contribution in [3.8, 4) is 0 Å². The fraction of sp³-hybridized carbons (Fsp3) is 0.0909. The normalized spacial score (nSPS) is 10.3. The predicted octanol–water partition coefficient (Wildman–Crippen LogP) is 1.45. The lowest BCUT2D eigenvalue weighted by Crippen LogP contribution is -2.09. The number of nitro groups is 2. The van der Waals surface area contributed by atoms with Crippen molar-refractivity contribution < 1.29 is 19.7 Å². The number of rotatable bonds is 5. The number of hydrogen-bond donors (Lipinski definition) is 1. The Hall–Kier alpha value is -3.30. The molecule has 0 aliphatic heterocycles. The number of nitro benzene ring substituents is 1. The molecule has 0 radical (unpaired) electrons. The number of imidazole rings is 1. The summed E-state index contributed by atoms with van der Waals surface area (Å²) in [6, 6.07) is 3.84. The van der Waals surface area contributed by atoms with E-state index in [2.05, 4.69) is 4.98 Å². The summed E-state index contributed by atoms with van der Waals surface area (Å²) < 4.78 is 1.28. The maximum absolute atomic E-state index is 11.2. The predicted molar refractivity (Wildman–Crippen MR) is 68.0 cm³/mol. The molecule has 0 saturated heterocycles. The van der Waals surface area contributed by atoms with Crippen LogP contribution in [0.15, 0.2) is 30.7 Å². The summed E-state index contributed by atoms with van der Waals surface area (Å²) in [5.74, 6) is -1.83. The van der Waals surface area contributed by atoms with Crippen molar-refractivity contribution in [2.24, 2.45) is 0 Å². The van der Waals surface area contributed by atoms with Gasteiger partial charge in [0.05, 0.1) is 11.5 Å². The number of carboxylic acids is 1. The van der Waals surface area contributed by atoms with Crippen molar-refractivity contribution in [3.63, 3.8) is 0 Å². The van der Waals surface area contributed by atoms with Crippen LogP contribution in [0.2, 0.25) is 0 Å². The van der Waals surface area contributed by atoms with Crippen molar-refractivity contribution in [2.45, 2.75) is 6.54 Å². The Bertz CT molecular complexity index is 738. The Labute approximate surface area is 116 Å². The van der Waals surface area contributed by atoms with E-state index in [1.54, 1.807) is 0 Å². The Morgan fingerprint density at radius 1 is 1.29 bits per heavy atom. The van der Waals surface area contributed by atoms with Gasteiger partial charge in [0, 0.05) is 6.07 Å². The van der Waals surface area contributed by atoms with E-state index in [4.69, 9.17) is 5.11 Å². The highest BCUT2D eigenvalue weighted by Crippen LogP contribution is 2.23. The minimum absolute atomic E-state index is 0.0792. The van der Waals surface area contributed by atoms with E-state index in [1.807, 2.05) is 0 Å². The number of benzene rings is 1. The molecule has 2 rings (SSSR count). The fourth-order valence-corrected chi connectivity index (χ4v) is 1.84. The van der Waals surface area contributed by atoms with E-state index in [9.17, 15) is 25.0 Å². The molecule has 10 nitrogen and oxygen atoms in total. The summed E-state index contributed by atoms with van der Waals surface area (Å²) >= 11 is 0. The number of aromatic carboxylic acids is 1. The van der Waals surface area contributed by atoms with E-state index in [0.29, 0.717) is 0 Å². The van der Waals surface area contributed by atoms with Gasteiger partial charge >= 0.3 is 11.8 Å². The summed E-state index contributed by atoms with van der Waals surface area (Å²) in [6.45, 7) is -0.0792. The summed E-state index contributed by atoms with van der Waals surface area (Å²) in [7, 11) is 0. The van der Waals surface area contributed by atoms with Crippen LogP contribution in [0.3, 0.4) is 0 Å². The van der Waals surface area contributed by atoms with Crippen LogP contribution in [0.5, 0.6) is 0 Å². The van der Waals surface area contributed by atoms with Gasteiger partial charge in [0.15, 0.2) is 0 Å². The van der Waals surface area contributed by atoms with Gasteiger partial charge in [0.25, 0.3) is 5.69 Å². The van der Waals surface area contributed by atoms with E-state index in [0.717, 1.165) is 18.6 Å². The molecular formula is C11H8N4O6. The maximum Gasteiger partial charge on any atom is 0.381 e. The van der Waals surface area contributed by atoms with Crippen LogP contribution in [0.25, 0.3) is 0 Å². The first-order chi connectivity index (χ1) is 9.90. The second-order valence-corrected chi connectivity index (χ2v) is 4.03. The summed E-state index contributed by atoms with van der Waals surface area (Å²) in [5, 5.41) is 30.5. The molecule has 0 spiro atoms. The topological polar surface area (TPSA) is 141 Å². The maximum atomic E-state index is 11.2. The molecule has 0 bridgehead atoms. The Morgan fingerprint density at radius 2 is 2.00 bits per heavy atom. The molecule has 1 aromatic heterocycles. The van der Waals surface area contributed by atoms with Crippen LogP contribution in [-0.4, -0.2) is 30.5 Å². The van der Waals surface area contributed by atoms with E-state index >= 15 is 0 Å². The quantitative estimate of drug-likeness (QED) is 0.649. The third-order valence-electron chi connectivity index (χ3n) is 2.70. The number of aromatic nitrogens is 2. The highest BCUT2D eigenvalue weighted by molar-refractivity contribution is 5.94. The number of nitrogens with zero attached hydrogens (tertiary/aromatic N) is 4. The van der Waals surface area contributed by atoms with Crippen LogP contribution in [0.4, 0.5) is 11.5 Å². The smallest absolute Gasteiger partial charge is 0.381 e. The minimum Gasteiger partial charge on any atom is -0.477 e. The van der Waals surface area contributed by atoms with Gasteiger partial charge in [-0.05, 0) is 15.5 Å². The molecule has 0 unspecified atom stereocenters. The molecule has 2 aromatic rings. The fourth-order valence-electron chi connectivity index (χ4n) is 1.84. The first-order valence-electron chi connectivity index (χ1n) is 5.56. The number of carbonyl (C=O) groups is 1. The molecule has 0 atom stereocenters. The zero-order chi connectivity index (χ0) is 15.6. The van der Waals surface area contributed by atoms with E-state index in [1.165, 1.54) is 16.7 Å². The summed E-state index contributed by atoms with van der Waals surface area (Å²) in [4.78, 5) is 34.6. The van der Waals surface area contributed by atoms with Crippen LogP contribution in [0.1, 0.15) is 15.9 Å². The SMILES string of the molecule is O=C(O)c1c(Cn2cnc([N+](=O)[O-])c2)cccc1[N+](=O)[O-]. The lowest BCUT2D eigenvalue weighted by molar-refractivity contribution is -0.389. The van der Waals surface area contributed by atoms with E-state index in [-0.39, 0.29) is 12.1 Å². The van der Waals surface area contributed by atoms with Crippen LogP contribution < -0.4 is 0 Å². The zero-order valence-corrected chi connectivity index (χ0v) is 10.4. The van der Waals surface area contributed by atoms with Crippen molar-refractivity contribution in [1.82, 2.24) is 9.55 Å².